The first-order chi connectivity index (χ1) is 12.2. The van der Waals surface area contributed by atoms with E-state index in [-0.39, 0.29) is 11.7 Å². The van der Waals surface area contributed by atoms with Crippen molar-refractivity contribution in [1.29, 1.82) is 0 Å². The zero-order chi connectivity index (χ0) is 17.6. The quantitative estimate of drug-likeness (QED) is 0.708. The highest BCUT2D eigenvalue weighted by atomic mass is 19.1. The second-order valence-electron chi connectivity index (χ2n) is 6.03. The molecule has 4 nitrogen and oxygen atoms in total. The van der Waals surface area contributed by atoms with Crippen molar-refractivity contribution in [1.82, 2.24) is 14.9 Å². The second kappa shape index (κ2) is 7.92. The Labute approximate surface area is 146 Å². The van der Waals surface area contributed by atoms with E-state index in [1.165, 1.54) is 24.3 Å². The van der Waals surface area contributed by atoms with Crippen LogP contribution in [0.5, 0.6) is 0 Å². The zero-order valence-corrected chi connectivity index (χ0v) is 14.3. The fourth-order valence-electron chi connectivity index (χ4n) is 2.87. The van der Waals surface area contributed by atoms with E-state index >= 15 is 0 Å². The molecule has 0 saturated carbocycles. The van der Waals surface area contributed by atoms with Crippen LogP contribution in [0.15, 0.2) is 48.5 Å². The number of halogens is 1. The molecular formula is C20H22FN3O. The van der Waals surface area contributed by atoms with Crippen molar-refractivity contribution in [3.8, 4) is 0 Å². The summed E-state index contributed by atoms with van der Waals surface area (Å²) >= 11 is 0. The van der Waals surface area contributed by atoms with Crippen molar-refractivity contribution in [3.05, 3.63) is 65.7 Å². The van der Waals surface area contributed by atoms with Crippen molar-refractivity contribution in [2.24, 2.45) is 0 Å². The highest BCUT2D eigenvalue weighted by Crippen LogP contribution is 2.17. The maximum atomic E-state index is 12.9. The minimum atomic E-state index is -0.346. The molecule has 0 aliphatic heterocycles. The monoisotopic (exact) mass is 339 g/mol. The lowest BCUT2D eigenvalue weighted by Gasteiger charge is -2.09. The summed E-state index contributed by atoms with van der Waals surface area (Å²) in [7, 11) is 0. The molecule has 0 saturated heterocycles. The molecule has 130 valence electrons. The number of aromatic nitrogens is 2. The molecule has 25 heavy (non-hydrogen) atoms. The number of imidazole rings is 1. The number of hydrogen-bond acceptors (Lipinski definition) is 2. The van der Waals surface area contributed by atoms with Gasteiger partial charge in [0.15, 0.2) is 0 Å². The lowest BCUT2D eigenvalue weighted by molar-refractivity contribution is 0.0954. The topological polar surface area (TPSA) is 46.9 Å². The van der Waals surface area contributed by atoms with Crippen LogP contribution in [0.3, 0.4) is 0 Å². The van der Waals surface area contributed by atoms with E-state index in [2.05, 4.69) is 22.9 Å². The maximum absolute atomic E-state index is 12.9. The highest BCUT2D eigenvalue weighted by molar-refractivity contribution is 5.94. The molecule has 0 fully saturated rings. The largest absolute Gasteiger partial charge is 0.352 e. The van der Waals surface area contributed by atoms with Crippen LogP contribution in [-0.4, -0.2) is 22.0 Å². The van der Waals surface area contributed by atoms with Crippen LogP contribution >= 0.6 is 0 Å². The number of para-hydroxylation sites is 2. The van der Waals surface area contributed by atoms with Crippen LogP contribution in [0.2, 0.25) is 0 Å². The van der Waals surface area contributed by atoms with Gasteiger partial charge in [-0.25, -0.2) is 9.37 Å². The Morgan fingerprint density at radius 2 is 1.92 bits per heavy atom. The van der Waals surface area contributed by atoms with Crippen molar-refractivity contribution < 1.29 is 9.18 Å². The van der Waals surface area contributed by atoms with Crippen molar-refractivity contribution in [2.75, 3.05) is 6.54 Å². The van der Waals surface area contributed by atoms with Gasteiger partial charge in [0.05, 0.1) is 11.0 Å². The lowest BCUT2D eigenvalue weighted by atomic mass is 10.2. The average molecular weight is 339 g/mol. The number of aryl methyl sites for hydroxylation is 1. The molecule has 1 N–H and O–H groups in total. The second-order valence-corrected chi connectivity index (χ2v) is 6.03. The van der Waals surface area contributed by atoms with Gasteiger partial charge in [-0.3, -0.25) is 4.79 Å². The van der Waals surface area contributed by atoms with Crippen LogP contribution in [-0.2, 0) is 13.0 Å². The molecule has 1 aromatic heterocycles. The van der Waals surface area contributed by atoms with Crippen LogP contribution < -0.4 is 5.32 Å². The Morgan fingerprint density at radius 3 is 2.68 bits per heavy atom. The van der Waals surface area contributed by atoms with E-state index in [1.54, 1.807) is 0 Å². The summed E-state index contributed by atoms with van der Waals surface area (Å²) < 4.78 is 15.2. The summed E-state index contributed by atoms with van der Waals surface area (Å²) in [6.07, 6.45) is 2.87. The number of carbonyl (C=O) groups is 1. The van der Waals surface area contributed by atoms with Gasteiger partial charge in [-0.15, -0.1) is 0 Å². The van der Waals surface area contributed by atoms with Gasteiger partial charge in [-0.05, 0) is 42.8 Å². The third-order valence-electron chi connectivity index (χ3n) is 4.21. The van der Waals surface area contributed by atoms with Gasteiger partial charge in [0.2, 0.25) is 0 Å². The molecule has 1 heterocycles. The van der Waals surface area contributed by atoms with E-state index < -0.39 is 0 Å². The molecular weight excluding hydrogens is 317 g/mol. The molecule has 0 spiro atoms. The summed E-state index contributed by atoms with van der Waals surface area (Å²) in [6, 6.07) is 13.7. The van der Waals surface area contributed by atoms with Gasteiger partial charge >= 0.3 is 0 Å². The summed E-state index contributed by atoms with van der Waals surface area (Å²) in [5.41, 5.74) is 2.58. The van der Waals surface area contributed by atoms with Gasteiger partial charge in [0.25, 0.3) is 5.91 Å². The van der Waals surface area contributed by atoms with E-state index in [4.69, 9.17) is 4.98 Å². The van der Waals surface area contributed by atoms with Crippen molar-refractivity contribution in [3.63, 3.8) is 0 Å². The Morgan fingerprint density at radius 1 is 1.16 bits per heavy atom. The minimum Gasteiger partial charge on any atom is -0.352 e. The molecule has 0 atom stereocenters. The van der Waals surface area contributed by atoms with Crippen LogP contribution in [0, 0.1) is 5.82 Å². The first-order valence-electron chi connectivity index (χ1n) is 8.67. The van der Waals surface area contributed by atoms with Gasteiger partial charge in [-0.1, -0.05) is 25.5 Å². The molecule has 0 aliphatic rings. The molecule has 3 rings (SSSR count). The normalized spacial score (nSPS) is 11.0. The lowest BCUT2D eigenvalue weighted by Crippen LogP contribution is -2.26. The fourth-order valence-corrected chi connectivity index (χ4v) is 2.87. The van der Waals surface area contributed by atoms with E-state index in [1.807, 2.05) is 18.2 Å². The summed E-state index contributed by atoms with van der Waals surface area (Å²) in [5.74, 6) is 0.437. The number of amides is 1. The Kier molecular flexibility index (Phi) is 5.43. The number of hydrogen-bond donors (Lipinski definition) is 1. The predicted molar refractivity (Wildman–Crippen MR) is 97.1 cm³/mol. The number of fused-ring (bicyclic) bond motifs is 1. The maximum Gasteiger partial charge on any atom is 0.251 e. The third kappa shape index (κ3) is 4.05. The number of benzene rings is 2. The molecule has 0 radical (unpaired) electrons. The fraction of sp³-hybridized carbons (Fsp3) is 0.300. The number of rotatable bonds is 7. The first kappa shape index (κ1) is 17.1. The average Bonchev–Trinajstić information content (AvgIpc) is 2.98. The summed E-state index contributed by atoms with van der Waals surface area (Å²) in [4.78, 5) is 16.8. The zero-order valence-electron chi connectivity index (χ0n) is 14.3. The Bertz CT molecular complexity index is 855. The van der Waals surface area contributed by atoms with Crippen LogP contribution in [0.25, 0.3) is 11.0 Å². The van der Waals surface area contributed by atoms with Crippen LogP contribution in [0.4, 0.5) is 4.39 Å². The Hall–Kier alpha value is -2.69. The first-order valence-corrected chi connectivity index (χ1v) is 8.67. The van der Waals surface area contributed by atoms with E-state index in [0.29, 0.717) is 18.5 Å². The van der Waals surface area contributed by atoms with Crippen molar-refractivity contribution in [2.45, 2.75) is 32.7 Å². The standard InChI is InChI=1S/C20H22FN3O/c1-2-3-14-24-18-7-5-4-6-17(18)23-19(24)12-13-22-20(25)15-8-10-16(21)11-9-15/h4-11H,2-3,12-14H2,1H3,(H,22,25). The van der Waals surface area contributed by atoms with E-state index in [0.717, 1.165) is 36.2 Å². The van der Waals surface area contributed by atoms with Crippen LogP contribution in [0.1, 0.15) is 35.9 Å². The number of unbranched alkanes of at least 4 members (excludes halogenated alkanes) is 1. The molecule has 2 aromatic carbocycles. The molecule has 0 bridgehead atoms. The molecule has 3 aromatic rings. The number of nitrogens with zero attached hydrogens (tertiary/aromatic N) is 2. The van der Waals surface area contributed by atoms with Gasteiger partial charge < -0.3 is 9.88 Å². The van der Waals surface area contributed by atoms with Gasteiger partial charge in [0.1, 0.15) is 11.6 Å². The number of carbonyl (C=O) groups excluding carboxylic acids is 1. The van der Waals surface area contributed by atoms with Gasteiger partial charge in [0, 0.05) is 25.1 Å². The minimum absolute atomic E-state index is 0.198. The van der Waals surface area contributed by atoms with Crippen molar-refractivity contribution >= 4 is 16.9 Å². The molecule has 1 amide bonds. The molecule has 0 unspecified atom stereocenters. The Balaban J connectivity index is 1.68. The highest BCUT2D eigenvalue weighted by Gasteiger charge is 2.11. The summed E-state index contributed by atoms with van der Waals surface area (Å²) in [6.45, 7) is 3.59. The molecule has 5 heteroatoms. The third-order valence-corrected chi connectivity index (χ3v) is 4.21. The summed E-state index contributed by atoms with van der Waals surface area (Å²) in [5, 5.41) is 2.88. The smallest absolute Gasteiger partial charge is 0.251 e. The predicted octanol–water partition coefficient (Wildman–Crippen LogP) is 3.95. The number of nitrogens with one attached hydrogen (secondary N) is 1. The van der Waals surface area contributed by atoms with E-state index in [9.17, 15) is 9.18 Å². The molecule has 0 aliphatic carbocycles. The SMILES string of the molecule is CCCCn1c(CCNC(=O)c2ccc(F)cc2)nc2ccccc21. The van der Waals surface area contributed by atoms with Gasteiger partial charge in [-0.2, -0.15) is 0 Å².